The van der Waals surface area contributed by atoms with Crippen LogP contribution in [0.25, 0.3) is 0 Å². The first-order valence-electron chi connectivity index (χ1n) is 5.37. The third-order valence-electron chi connectivity index (χ3n) is 2.16. The highest BCUT2D eigenvalue weighted by molar-refractivity contribution is 5.90. The first-order valence-corrected chi connectivity index (χ1v) is 5.37. The van der Waals surface area contributed by atoms with E-state index in [1.807, 2.05) is 0 Å². The van der Waals surface area contributed by atoms with Crippen LogP contribution in [0.5, 0.6) is 0 Å². The Labute approximate surface area is 95.0 Å². The molecular weight excluding hydrogens is 206 g/mol. The van der Waals surface area contributed by atoms with Gasteiger partial charge in [0.25, 0.3) is 0 Å². The van der Waals surface area contributed by atoms with Gasteiger partial charge in [-0.05, 0) is 37.5 Å². The summed E-state index contributed by atoms with van der Waals surface area (Å²) in [5.74, 6) is -0.351. The Bertz CT molecular complexity index is 339. The lowest BCUT2D eigenvalue weighted by atomic mass is 10.2. The zero-order valence-electron chi connectivity index (χ0n) is 9.19. The van der Waals surface area contributed by atoms with E-state index in [0.717, 1.165) is 19.3 Å². The Hall–Kier alpha value is -1.55. The number of ether oxygens (including phenoxy) is 1. The van der Waals surface area contributed by atoms with Crippen molar-refractivity contribution < 1.29 is 14.6 Å². The van der Waals surface area contributed by atoms with E-state index in [2.05, 4.69) is 0 Å². The van der Waals surface area contributed by atoms with E-state index < -0.39 is 0 Å². The average molecular weight is 223 g/mol. The Morgan fingerprint density at radius 3 is 2.81 bits per heavy atom. The second-order valence-corrected chi connectivity index (χ2v) is 3.55. The van der Waals surface area contributed by atoms with Gasteiger partial charge >= 0.3 is 5.97 Å². The normalized spacial score (nSPS) is 10.1. The molecule has 1 rings (SSSR count). The molecule has 0 radical (unpaired) electrons. The molecule has 88 valence electrons. The van der Waals surface area contributed by atoms with Gasteiger partial charge < -0.3 is 15.6 Å². The third kappa shape index (κ3) is 4.31. The zero-order valence-corrected chi connectivity index (χ0v) is 9.19. The molecule has 4 nitrogen and oxygen atoms in total. The van der Waals surface area contributed by atoms with Gasteiger partial charge in [0.15, 0.2) is 0 Å². The summed E-state index contributed by atoms with van der Waals surface area (Å²) >= 11 is 0. The number of nitrogens with two attached hydrogens (primary N) is 1. The molecule has 4 heteroatoms. The van der Waals surface area contributed by atoms with Crippen LogP contribution < -0.4 is 5.73 Å². The molecule has 3 N–H and O–H groups in total. The molecule has 1 aromatic rings. The maximum atomic E-state index is 11.5. The van der Waals surface area contributed by atoms with Crippen LogP contribution in [0, 0.1) is 0 Å². The van der Waals surface area contributed by atoms with Crippen molar-refractivity contribution in [2.75, 3.05) is 18.9 Å². The van der Waals surface area contributed by atoms with Gasteiger partial charge in [0.2, 0.25) is 0 Å². The smallest absolute Gasteiger partial charge is 0.338 e. The van der Waals surface area contributed by atoms with E-state index in [9.17, 15) is 4.79 Å². The van der Waals surface area contributed by atoms with Crippen LogP contribution in [-0.2, 0) is 4.74 Å². The molecule has 0 aliphatic rings. The van der Waals surface area contributed by atoms with Gasteiger partial charge in [-0.3, -0.25) is 0 Å². The number of benzene rings is 1. The first kappa shape index (κ1) is 12.5. The van der Waals surface area contributed by atoms with Crippen molar-refractivity contribution in [3.05, 3.63) is 29.8 Å². The molecule has 0 fully saturated rings. The number of unbranched alkanes of at least 4 members (excludes halogenated alkanes) is 2. The summed E-state index contributed by atoms with van der Waals surface area (Å²) in [4.78, 5) is 11.5. The number of rotatable bonds is 6. The Balaban J connectivity index is 2.30. The van der Waals surface area contributed by atoms with Crippen molar-refractivity contribution >= 4 is 11.7 Å². The summed E-state index contributed by atoms with van der Waals surface area (Å²) in [6.45, 7) is 0.566. The van der Waals surface area contributed by atoms with Gasteiger partial charge in [-0.1, -0.05) is 6.07 Å². The molecular formula is C12H17NO3. The molecule has 0 aromatic heterocycles. The number of carbonyl (C=O) groups is 1. The lowest BCUT2D eigenvalue weighted by Gasteiger charge is -2.04. The maximum Gasteiger partial charge on any atom is 0.338 e. The first-order chi connectivity index (χ1) is 7.74. The number of hydrogen-bond donors (Lipinski definition) is 2. The van der Waals surface area contributed by atoms with Gasteiger partial charge in [-0.15, -0.1) is 0 Å². The van der Waals surface area contributed by atoms with Gasteiger partial charge in [-0.2, -0.15) is 0 Å². The lowest BCUT2D eigenvalue weighted by molar-refractivity contribution is 0.0497. The van der Waals surface area contributed by atoms with Crippen molar-refractivity contribution in [3.63, 3.8) is 0 Å². The Kier molecular flexibility index (Phi) is 5.36. The summed E-state index contributed by atoms with van der Waals surface area (Å²) in [5.41, 5.74) is 6.58. The molecule has 0 aliphatic carbocycles. The summed E-state index contributed by atoms with van der Waals surface area (Å²) in [6.07, 6.45) is 2.38. The predicted octanol–water partition coefficient (Wildman–Crippen LogP) is 1.59. The van der Waals surface area contributed by atoms with Crippen molar-refractivity contribution in [3.8, 4) is 0 Å². The summed E-state index contributed by atoms with van der Waals surface area (Å²) in [5, 5.41) is 8.56. The van der Waals surface area contributed by atoms with Crippen LogP contribution in [0.2, 0.25) is 0 Å². The van der Waals surface area contributed by atoms with Crippen molar-refractivity contribution in [2.24, 2.45) is 0 Å². The van der Waals surface area contributed by atoms with E-state index in [4.69, 9.17) is 15.6 Å². The van der Waals surface area contributed by atoms with E-state index in [1.54, 1.807) is 24.3 Å². The fraction of sp³-hybridized carbons (Fsp3) is 0.417. The monoisotopic (exact) mass is 223 g/mol. The fourth-order valence-corrected chi connectivity index (χ4v) is 1.30. The van der Waals surface area contributed by atoms with Crippen molar-refractivity contribution in [1.29, 1.82) is 0 Å². The van der Waals surface area contributed by atoms with E-state index in [0.29, 0.717) is 17.9 Å². The number of aliphatic hydroxyl groups excluding tert-OH is 1. The SMILES string of the molecule is Nc1cccc(C(=O)OCCCCCO)c1. The Morgan fingerprint density at radius 1 is 1.31 bits per heavy atom. The van der Waals surface area contributed by atoms with Gasteiger partial charge in [0.05, 0.1) is 12.2 Å². The molecule has 0 heterocycles. The molecule has 1 aromatic carbocycles. The van der Waals surface area contributed by atoms with Crippen LogP contribution in [0.15, 0.2) is 24.3 Å². The summed E-state index contributed by atoms with van der Waals surface area (Å²) in [6, 6.07) is 6.71. The molecule has 0 atom stereocenters. The number of nitrogen functional groups attached to an aromatic ring is 1. The fourth-order valence-electron chi connectivity index (χ4n) is 1.30. The molecule has 16 heavy (non-hydrogen) atoms. The van der Waals surface area contributed by atoms with E-state index >= 15 is 0 Å². The largest absolute Gasteiger partial charge is 0.462 e. The molecule has 0 spiro atoms. The predicted molar refractivity (Wildman–Crippen MR) is 62.1 cm³/mol. The van der Waals surface area contributed by atoms with Crippen LogP contribution in [0.4, 0.5) is 5.69 Å². The minimum atomic E-state index is -0.351. The molecule has 0 saturated heterocycles. The zero-order chi connectivity index (χ0) is 11.8. The van der Waals surface area contributed by atoms with Crippen molar-refractivity contribution in [1.82, 2.24) is 0 Å². The quantitative estimate of drug-likeness (QED) is 0.436. The topological polar surface area (TPSA) is 72.6 Å². The molecule has 0 saturated carbocycles. The molecule has 0 unspecified atom stereocenters. The maximum absolute atomic E-state index is 11.5. The number of anilines is 1. The van der Waals surface area contributed by atoms with Gasteiger partial charge in [-0.25, -0.2) is 4.79 Å². The standard InChI is InChI=1S/C12H17NO3/c13-11-6-4-5-10(9-11)12(15)16-8-3-1-2-7-14/h4-6,9,14H,1-3,7-8,13H2. The average Bonchev–Trinajstić information content (AvgIpc) is 2.28. The van der Waals surface area contributed by atoms with Crippen LogP contribution in [0.1, 0.15) is 29.6 Å². The highest BCUT2D eigenvalue weighted by Gasteiger charge is 2.06. The lowest BCUT2D eigenvalue weighted by Crippen LogP contribution is -2.07. The second kappa shape index (κ2) is 6.85. The van der Waals surface area contributed by atoms with Gasteiger partial charge in [0, 0.05) is 12.3 Å². The summed E-state index contributed by atoms with van der Waals surface area (Å²) in [7, 11) is 0. The van der Waals surface area contributed by atoms with Gasteiger partial charge in [0.1, 0.15) is 0 Å². The van der Waals surface area contributed by atoms with E-state index in [-0.39, 0.29) is 12.6 Å². The Morgan fingerprint density at radius 2 is 2.12 bits per heavy atom. The molecule has 0 amide bonds. The van der Waals surface area contributed by atoms with Crippen LogP contribution in [-0.4, -0.2) is 24.3 Å². The minimum absolute atomic E-state index is 0.184. The molecule has 0 aliphatic heterocycles. The van der Waals surface area contributed by atoms with Crippen LogP contribution in [0.3, 0.4) is 0 Å². The number of aliphatic hydroxyl groups is 1. The highest BCUT2D eigenvalue weighted by atomic mass is 16.5. The number of esters is 1. The minimum Gasteiger partial charge on any atom is -0.462 e. The van der Waals surface area contributed by atoms with Crippen LogP contribution >= 0.6 is 0 Å². The van der Waals surface area contributed by atoms with Crippen molar-refractivity contribution in [2.45, 2.75) is 19.3 Å². The second-order valence-electron chi connectivity index (χ2n) is 3.55. The van der Waals surface area contributed by atoms with E-state index in [1.165, 1.54) is 0 Å². The highest BCUT2D eigenvalue weighted by Crippen LogP contribution is 2.08. The third-order valence-corrected chi connectivity index (χ3v) is 2.16. The number of carbonyl (C=O) groups excluding carboxylic acids is 1. The number of hydrogen-bond acceptors (Lipinski definition) is 4. The molecule has 0 bridgehead atoms. The summed E-state index contributed by atoms with van der Waals surface area (Å²) < 4.78 is 5.05.